The molecule has 3 aromatic rings. The number of nitrogens with zero attached hydrogens (tertiary/aromatic N) is 2. The second kappa shape index (κ2) is 10.4. The highest BCUT2D eigenvalue weighted by Gasteiger charge is 2.18. The molecule has 180 valence electrons. The lowest BCUT2D eigenvalue weighted by Crippen LogP contribution is -2.46. The molecule has 1 saturated heterocycles. The van der Waals surface area contributed by atoms with Gasteiger partial charge in [0.2, 0.25) is 10.0 Å². The van der Waals surface area contributed by atoms with E-state index >= 15 is 0 Å². The molecule has 0 aliphatic carbocycles. The summed E-state index contributed by atoms with van der Waals surface area (Å²) in [5.74, 6) is 0.226. The van der Waals surface area contributed by atoms with Crippen molar-refractivity contribution in [1.82, 2.24) is 9.62 Å². The molecular weight excluding hydrogens is 452 g/mol. The minimum absolute atomic E-state index is 0.0567. The van der Waals surface area contributed by atoms with Gasteiger partial charge in [-0.15, -0.1) is 0 Å². The third kappa shape index (κ3) is 5.67. The van der Waals surface area contributed by atoms with Crippen LogP contribution in [0.2, 0.25) is 0 Å². The fourth-order valence-electron chi connectivity index (χ4n) is 3.95. The van der Waals surface area contributed by atoms with Crippen molar-refractivity contribution in [2.45, 2.75) is 25.3 Å². The van der Waals surface area contributed by atoms with Crippen molar-refractivity contribution in [1.29, 1.82) is 0 Å². The van der Waals surface area contributed by atoms with Gasteiger partial charge in [-0.05, 0) is 73.6 Å². The maximum Gasteiger partial charge on any atom is 0.255 e. The van der Waals surface area contributed by atoms with Gasteiger partial charge >= 0.3 is 0 Å². The molecule has 0 atom stereocenters. The zero-order valence-corrected chi connectivity index (χ0v) is 20.3. The molecule has 34 heavy (non-hydrogen) atoms. The van der Waals surface area contributed by atoms with Crippen LogP contribution in [0, 0.1) is 6.92 Å². The van der Waals surface area contributed by atoms with Crippen LogP contribution in [-0.2, 0) is 16.6 Å². The average molecular weight is 483 g/mol. The van der Waals surface area contributed by atoms with Gasteiger partial charge in [0.25, 0.3) is 5.91 Å². The quantitative estimate of drug-likeness (QED) is 0.511. The van der Waals surface area contributed by atoms with Gasteiger partial charge in [-0.25, -0.2) is 13.1 Å². The summed E-state index contributed by atoms with van der Waals surface area (Å²) < 4.78 is 32.6. The number of nitrogens with one attached hydrogen (secondary N) is 2. The number of amides is 1. The largest absolute Gasteiger partial charge is 0.468 e. The molecule has 0 radical (unpaired) electrons. The van der Waals surface area contributed by atoms with Crippen LogP contribution in [-0.4, -0.2) is 51.9 Å². The number of carbonyl (C=O) groups is 1. The lowest BCUT2D eigenvalue weighted by atomic mass is 10.1. The number of sulfonamides is 1. The van der Waals surface area contributed by atoms with Gasteiger partial charge in [-0.1, -0.05) is 6.92 Å². The molecule has 1 aromatic heterocycles. The number of aryl methyl sites for hydroxylation is 1. The molecule has 9 heteroatoms. The van der Waals surface area contributed by atoms with Gasteiger partial charge in [0, 0.05) is 43.1 Å². The van der Waals surface area contributed by atoms with Crippen LogP contribution < -0.4 is 14.9 Å². The fourth-order valence-corrected chi connectivity index (χ4v) is 4.94. The Morgan fingerprint density at radius 2 is 1.76 bits per heavy atom. The molecule has 1 aliphatic rings. The number of benzene rings is 2. The van der Waals surface area contributed by atoms with Gasteiger partial charge in [-0.3, -0.25) is 4.79 Å². The van der Waals surface area contributed by atoms with Crippen molar-refractivity contribution in [2.75, 3.05) is 42.9 Å². The predicted octanol–water partition coefficient (Wildman–Crippen LogP) is 3.46. The Hall–Kier alpha value is -3.14. The van der Waals surface area contributed by atoms with E-state index < -0.39 is 10.0 Å². The summed E-state index contributed by atoms with van der Waals surface area (Å²) in [4.78, 5) is 17.6. The molecule has 0 saturated carbocycles. The van der Waals surface area contributed by atoms with E-state index in [1.165, 1.54) is 30.5 Å². The summed E-state index contributed by atoms with van der Waals surface area (Å²) in [5.41, 5.74) is 3.25. The van der Waals surface area contributed by atoms with E-state index in [9.17, 15) is 13.2 Å². The van der Waals surface area contributed by atoms with E-state index in [2.05, 4.69) is 32.8 Å². The van der Waals surface area contributed by atoms with E-state index in [0.717, 1.165) is 49.7 Å². The lowest BCUT2D eigenvalue weighted by Gasteiger charge is -2.35. The normalized spacial score (nSPS) is 14.8. The van der Waals surface area contributed by atoms with Gasteiger partial charge < -0.3 is 19.5 Å². The standard InChI is InChI=1S/C25H30N4O4S/c1-3-28-12-14-29(15-13-28)21-8-11-24(19(2)17-21)27-25(30)20-6-9-23(10-7-20)34(31,32)26-18-22-5-4-16-33-22/h4-11,16-17,26H,3,12-15,18H2,1-2H3,(H,27,30). The Bertz CT molecular complexity index is 1220. The van der Waals surface area contributed by atoms with Crippen LogP contribution in [0.15, 0.2) is 70.2 Å². The summed E-state index contributed by atoms with van der Waals surface area (Å²) in [7, 11) is -3.71. The third-order valence-electron chi connectivity index (χ3n) is 6.09. The van der Waals surface area contributed by atoms with E-state index in [-0.39, 0.29) is 17.3 Å². The number of anilines is 2. The van der Waals surface area contributed by atoms with Crippen LogP contribution in [0.4, 0.5) is 11.4 Å². The molecule has 2 N–H and O–H groups in total. The first-order chi connectivity index (χ1) is 16.4. The Morgan fingerprint density at radius 1 is 1.03 bits per heavy atom. The molecule has 0 unspecified atom stereocenters. The minimum Gasteiger partial charge on any atom is -0.468 e. The third-order valence-corrected chi connectivity index (χ3v) is 7.50. The zero-order chi connectivity index (χ0) is 24.1. The van der Waals surface area contributed by atoms with Crippen LogP contribution in [0.1, 0.15) is 28.6 Å². The van der Waals surface area contributed by atoms with Crippen molar-refractivity contribution in [2.24, 2.45) is 0 Å². The van der Waals surface area contributed by atoms with Crippen molar-refractivity contribution in [3.05, 3.63) is 77.7 Å². The summed E-state index contributed by atoms with van der Waals surface area (Å²) in [5, 5.41) is 2.93. The molecule has 8 nitrogen and oxygen atoms in total. The highest BCUT2D eigenvalue weighted by Crippen LogP contribution is 2.24. The minimum atomic E-state index is -3.71. The summed E-state index contributed by atoms with van der Waals surface area (Å²) >= 11 is 0. The average Bonchev–Trinajstić information content (AvgIpc) is 3.38. The fraction of sp³-hybridized carbons (Fsp3) is 0.320. The summed E-state index contributed by atoms with van der Waals surface area (Å²) in [6.07, 6.45) is 1.49. The first-order valence-electron chi connectivity index (χ1n) is 11.4. The van der Waals surface area contributed by atoms with Gasteiger partial charge in [0.1, 0.15) is 5.76 Å². The van der Waals surface area contributed by atoms with Crippen molar-refractivity contribution in [3.63, 3.8) is 0 Å². The maximum absolute atomic E-state index is 12.8. The van der Waals surface area contributed by atoms with E-state index in [1.54, 1.807) is 12.1 Å². The molecular formula is C25H30N4O4S. The second-order valence-electron chi connectivity index (χ2n) is 8.30. The lowest BCUT2D eigenvalue weighted by molar-refractivity contribution is 0.102. The van der Waals surface area contributed by atoms with E-state index in [4.69, 9.17) is 4.42 Å². The molecule has 4 rings (SSSR count). The van der Waals surface area contributed by atoms with Gasteiger partial charge in [0.15, 0.2) is 0 Å². The Kier molecular flexibility index (Phi) is 7.35. The molecule has 2 aromatic carbocycles. The second-order valence-corrected chi connectivity index (χ2v) is 10.1. The first kappa shape index (κ1) is 24.0. The van der Waals surface area contributed by atoms with Gasteiger partial charge in [0.05, 0.1) is 17.7 Å². The summed E-state index contributed by atoms with van der Waals surface area (Å²) in [6.45, 7) is 9.38. The van der Waals surface area contributed by atoms with Crippen LogP contribution >= 0.6 is 0 Å². The molecule has 1 amide bonds. The number of likely N-dealkylation sites (N-methyl/N-ethyl adjacent to an activating group) is 1. The molecule has 0 bridgehead atoms. The van der Waals surface area contributed by atoms with Crippen molar-refractivity contribution >= 4 is 27.3 Å². The number of furan rings is 1. The number of hydrogen-bond donors (Lipinski definition) is 2. The monoisotopic (exact) mass is 482 g/mol. The van der Waals surface area contributed by atoms with Crippen LogP contribution in [0.25, 0.3) is 0 Å². The molecule has 2 heterocycles. The van der Waals surface area contributed by atoms with Crippen LogP contribution in [0.3, 0.4) is 0 Å². The number of piperazine rings is 1. The number of hydrogen-bond acceptors (Lipinski definition) is 6. The Balaban J connectivity index is 1.38. The van der Waals surface area contributed by atoms with Crippen molar-refractivity contribution in [3.8, 4) is 0 Å². The van der Waals surface area contributed by atoms with E-state index in [0.29, 0.717) is 11.3 Å². The van der Waals surface area contributed by atoms with Crippen molar-refractivity contribution < 1.29 is 17.6 Å². The zero-order valence-electron chi connectivity index (χ0n) is 19.5. The van der Waals surface area contributed by atoms with Crippen LogP contribution in [0.5, 0.6) is 0 Å². The first-order valence-corrected chi connectivity index (χ1v) is 12.9. The molecule has 1 fully saturated rings. The highest BCUT2D eigenvalue weighted by molar-refractivity contribution is 7.89. The highest BCUT2D eigenvalue weighted by atomic mass is 32.2. The van der Waals surface area contributed by atoms with Gasteiger partial charge in [-0.2, -0.15) is 0 Å². The molecule has 0 spiro atoms. The van der Waals surface area contributed by atoms with E-state index in [1.807, 2.05) is 19.1 Å². The number of rotatable bonds is 8. The summed E-state index contributed by atoms with van der Waals surface area (Å²) in [6, 6.07) is 15.3. The Labute approximate surface area is 200 Å². The maximum atomic E-state index is 12.8. The number of carbonyl (C=O) groups excluding carboxylic acids is 1. The SMILES string of the molecule is CCN1CCN(c2ccc(NC(=O)c3ccc(S(=O)(=O)NCc4ccco4)cc3)c(C)c2)CC1. The smallest absolute Gasteiger partial charge is 0.255 e. The Morgan fingerprint density at radius 3 is 2.38 bits per heavy atom. The molecule has 1 aliphatic heterocycles. The topological polar surface area (TPSA) is 94.9 Å². The predicted molar refractivity (Wildman–Crippen MR) is 133 cm³/mol.